The Hall–Kier alpha value is -2.49. The van der Waals surface area contributed by atoms with Crippen LogP contribution in [0.2, 0.25) is 0 Å². The van der Waals surface area contributed by atoms with Gasteiger partial charge in [0, 0.05) is 17.4 Å². The highest BCUT2D eigenvalue weighted by atomic mass is 16.5. The van der Waals surface area contributed by atoms with Crippen molar-refractivity contribution in [1.29, 1.82) is 0 Å². The van der Waals surface area contributed by atoms with Gasteiger partial charge in [0.15, 0.2) is 0 Å². The first kappa shape index (κ1) is 18.8. The number of carbonyl (C=O) groups excluding carboxylic acids is 1. The maximum absolute atomic E-state index is 12.3. The fourth-order valence-electron chi connectivity index (χ4n) is 2.56. The van der Waals surface area contributed by atoms with E-state index in [0.717, 1.165) is 41.1 Å². The van der Waals surface area contributed by atoms with Crippen molar-refractivity contribution in [2.75, 3.05) is 17.2 Å². The molecule has 2 rings (SSSR count). The summed E-state index contributed by atoms with van der Waals surface area (Å²) >= 11 is 0. The molecule has 2 aromatic carbocycles. The van der Waals surface area contributed by atoms with E-state index in [1.807, 2.05) is 56.3 Å². The number of hydrogen-bond acceptors (Lipinski definition) is 3. The fourth-order valence-corrected chi connectivity index (χ4v) is 2.56. The van der Waals surface area contributed by atoms with Gasteiger partial charge >= 0.3 is 0 Å². The Morgan fingerprint density at radius 1 is 1.16 bits per heavy atom. The Balaban J connectivity index is 1.95. The van der Waals surface area contributed by atoms with Crippen molar-refractivity contribution in [1.82, 2.24) is 0 Å². The lowest BCUT2D eigenvalue weighted by Crippen LogP contribution is -2.23. The van der Waals surface area contributed by atoms with E-state index in [2.05, 4.69) is 24.5 Å². The van der Waals surface area contributed by atoms with Crippen molar-refractivity contribution in [2.45, 2.75) is 46.6 Å². The second-order valence-electron chi connectivity index (χ2n) is 6.23. The van der Waals surface area contributed by atoms with Gasteiger partial charge in [0.25, 0.3) is 0 Å². The number of nitrogens with one attached hydrogen (secondary N) is 2. The molecule has 2 N–H and O–H groups in total. The number of para-hydroxylation sites is 1. The molecule has 0 radical (unpaired) electrons. The van der Waals surface area contributed by atoms with Crippen LogP contribution in [0.5, 0.6) is 5.75 Å². The summed E-state index contributed by atoms with van der Waals surface area (Å²) in [4.78, 5) is 12.3. The van der Waals surface area contributed by atoms with Gasteiger partial charge in [-0.25, -0.2) is 0 Å². The van der Waals surface area contributed by atoms with E-state index in [9.17, 15) is 4.79 Å². The molecule has 0 heterocycles. The van der Waals surface area contributed by atoms with Crippen LogP contribution < -0.4 is 15.4 Å². The van der Waals surface area contributed by atoms with Crippen LogP contribution in [0.25, 0.3) is 0 Å². The molecule has 0 aliphatic rings. The van der Waals surface area contributed by atoms with Gasteiger partial charge in [-0.1, -0.05) is 38.1 Å². The summed E-state index contributed by atoms with van der Waals surface area (Å²) < 4.78 is 5.81. The Labute approximate surface area is 150 Å². The van der Waals surface area contributed by atoms with Crippen LogP contribution in [0.4, 0.5) is 11.4 Å². The van der Waals surface area contributed by atoms with E-state index in [4.69, 9.17) is 4.74 Å². The lowest BCUT2D eigenvalue weighted by atomic mass is 10.1. The maximum Gasteiger partial charge on any atom is 0.243 e. The SMILES string of the molecule is CCc1cccc(C)c1NC(=O)CNc1cccc(OC(C)CC)c1. The molecule has 25 heavy (non-hydrogen) atoms. The van der Waals surface area contributed by atoms with Gasteiger partial charge in [-0.2, -0.15) is 0 Å². The number of aryl methyl sites for hydroxylation is 2. The number of ether oxygens (including phenoxy) is 1. The van der Waals surface area contributed by atoms with Gasteiger partial charge in [-0.15, -0.1) is 0 Å². The predicted octanol–water partition coefficient (Wildman–Crippen LogP) is 4.79. The van der Waals surface area contributed by atoms with Crippen LogP contribution in [-0.4, -0.2) is 18.6 Å². The Kier molecular flexibility index (Phi) is 6.87. The fraction of sp³-hybridized carbons (Fsp3) is 0.381. The lowest BCUT2D eigenvalue weighted by molar-refractivity contribution is -0.114. The van der Waals surface area contributed by atoms with Gasteiger partial charge in [0.05, 0.1) is 12.6 Å². The van der Waals surface area contributed by atoms with Crippen molar-refractivity contribution < 1.29 is 9.53 Å². The normalized spacial score (nSPS) is 11.7. The molecule has 0 spiro atoms. The van der Waals surface area contributed by atoms with Gasteiger partial charge in [-0.05, 0) is 49.9 Å². The summed E-state index contributed by atoms with van der Waals surface area (Å²) in [5.74, 6) is 0.754. The molecule has 0 aliphatic heterocycles. The van der Waals surface area contributed by atoms with Gasteiger partial charge in [0.2, 0.25) is 5.91 Å². The molecule has 1 unspecified atom stereocenters. The van der Waals surface area contributed by atoms with Crippen molar-refractivity contribution in [3.8, 4) is 5.75 Å². The molecule has 0 saturated carbocycles. The van der Waals surface area contributed by atoms with Crippen LogP contribution in [0.1, 0.15) is 38.3 Å². The molecule has 2 aromatic rings. The van der Waals surface area contributed by atoms with Gasteiger partial charge < -0.3 is 15.4 Å². The number of carbonyl (C=O) groups is 1. The van der Waals surface area contributed by atoms with Crippen LogP contribution >= 0.6 is 0 Å². The second-order valence-corrected chi connectivity index (χ2v) is 6.23. The number of anilines is 2. The van der Waals surface area contributed by atoms with Crippen LogP contribution in [0, 0.1) is 6.92 Å². The van der Waals surface area contributed by atoms with Gasteiger partial charge in [0.1, 0.15) is 5.75 Å². The smallest absolute Gasteiger partial charge is 0.243 e. The first-order chi connectivity index (χ1) is 12.0. The molecule has 4 heteroatoms. The third kappa shape index (κ3) is 5.52. The number of hydrogen-bond donors (Lipinski definition) is 2. The Morgan fingerprint density at radius 2 is 1.92 bits per heavy atom. The van der Waals surface area contributed by atoms with Crippen molar-refractivity contribution in [3.63, 3.8) is 0 Å². The summed E-state index contributed by atoms with van der Waals surface area (Å²) in [6.07, 6.45) is 2.02. The zero-order valence-corrected chi connectivity index (χ0v) is 15.6. The molecular weight excluding hydrogens is 312 g/mol. The zero-order valence-electron chi connectivity index (χ0n) is 15.6. The lowest BCUT2D eigenvalue weighted by Gasteiger charge is -2.15. The summed E-state index contributed by atoms with van der Waals surface area (Å²) in [7, 11) is 0. The van der Waals surface area contributed by atoms with E-state index >= 15 is 0 Å². The Bertz CT molecular complexity index is 713. The third-order valence-electron chi connectivity index (χ3n) is 4.20. The summed E-state index contributed by atoms with van der Waals surface area (Å²) in [5.41, 5.74) is 4.02. The molecule has 1 atom stereocenters. The monoisotopic (exact) mass is 340 g/mol. The van der Waals surface area contributed by atoms with E-state index < -0.39 is 0 Å². The molecule has 134 valence electrons. The van der Waals surface area contributed by atoms with E-state index in [1.54, 1.807) is 0 Å². The minimum atomic E-state index is -0.0581. The third-order valence-corrected chi connectivity index (χ3v) is 4.20. The summed E-state index contributed by atoms with van der Waals surface area (Å²) in [5, 5.41) is 6.18. The minimum Gasteiger partial charge on any atom is -0.491 e. The molecule has 0 aromatic heterocycles. The van der Waals surface area contributed by atoms with E-state index in [1.165, 1.54) is 0 Å². The highest BCUT2D eigenvalue weighted by Crippen LogP contribution is 2.21. The number of rotatable bonds is 8. The molecule has 0 saturated heterocycles. The number of benzene rings is 2. The van der Waals surface area contributed by atoms with Crippen molar-refractivity contribution >= 4 is 17.3 Å². The highest BCUT2D eigenvalue weighted by Gasteiger charge is 2.09. The number of amides is 1. The van der Waals surface area contributed by atoms with Crippen LogP contribution in [0.15, 0.2) is 42.5 Å². The van der Waals surface area contributed by atoms with E-state index in [0.29, 0.717) is 0 Å². The summed E-state index contributed by atoms with van der Waals surface area (Å²) in [6, 6.07) is 13.8. The predicted molar refractivity (Wildman–Crippen MR) is 104 cm³/mol. The molecule has 0 fully saturated rings. The summed E-state index contributed by atoms with van der Waals surface area (Å²) in [6.45, 7) is 8.45. The zero-order chi connectivity index (χ0) is 18.2. The maximum atomic E-state index is 12.3. The molecule has 1 amide bonds. The molecule has 4 nitrogen and oxygen atoms in total. The van der Waals surface area contributed by atoms with Gasteiger partial charge in [-0.3, -0.25) is 4.79 Å². The van der Waals surface area contributed by atoms with E-state index in [-0.39, 0.29) is 18.6 Å². The average molecular weight is 340 g/mol. The second kappa shape index (κ2) is 9.11. The molecular formula is C21H28N2O2. The minimum absolute atomic E-state index is 0.0581. The van der Waals surface area contributed by atoms with Crippen LogP contribution in [-0.2, 0) is 11.2 Å². The van der Waals surface area contributed by atoms with Crippen molar-refractivity contribution in [3.05, 3.63) is 53.6 Å². The topological polar surface area (TPSA) is 50.4 Å². The van der Waals surface area contributed by atoms with Crippen LogP contribution in [0.3, 0.4) is 0 Å². The largest absolute Gasteiger partial charge is 0.491 e. The first-order valence-electron chi connectivity index (χ1n) is 8.92. The first-order valence-corrected chi connectivity index (χ1v) is 8.92. The molecule has 0 bridgehead atoms. The highest BCUT2D eigenvalue weighted by molar-refractivity contribution is 5.95. The standard InChI is InChI=1S/C21H28N2O2/c1-5-16(4)25-19-12-8-11-18(13-19)22-14-20(24)23-21-15(3)9-7-10-17(21)6-2/h7-13,16,22H,5-6,14H2,1-4H3,(H,23,24). The van der Waals surface area contributed by atoms with Crippen molar-refractivity contribution in [2.24, 2.45) is 0 Å². The average Bonchev–Trinajstić information content (AvgIpc) is 2.62. The molecule has 0 aliphatic carbocycles. The quantitative estimate of drug-likeness (QED) is 0.727. The Morgan fingerprint density at radius 3 is 2.64 bits per heavy atom.